The lowest BCUT2D eigenvalue weighted by atomic mass is 9.45. The number of hydrogen-bond acceptors (Lipinski definition) is 3. The van der Waals surface area contributed by atoms with Crippen molar-refractivity contribution in [3.8, 4) is 0 Å². The smallest absolute Gasteiger partial charge is 0.331 e. The van der Waals surface area contributed by atoms with Crippen LogP contribution in [0, 0.1) is 52.3 Å². The minimum absolute atomic E-state index is 0.111. The van der Waals surface area contributed by atoms with Crippen molar-refractivity contribution in [2.24, 2.45) is 52.3 Å². The van der Waals surface area contributed by atoms with Crippen molar-refractivity contribution < 1.29 is 14.3 Å². The fraction of sp³-hybridized carbons (Fsp3) is 0.750. The first kappa shape index (κ1) is 15.5. The van der Waals surface area contributed by atoms with Crippen molar-refractivity contribution in [1.29, 1.82) is 0 Å². The lowest BCUT2D eigenvalue weighted by molar-refractivity contribution is -0.170. The van der Waals surface area contributed by atoms with Gasteiger partial charge >= 0.3 is 5.97 Å². The minimum atomic E-state index is -0.311. The molecule has 7 rings (SSSR count). The maximum Gasteiger partial charge on any atom is 0.331 e. The van der Waals surface area contributed by atoms with Crippen LogP contribution in [0.3, 0.4) is 0 Å². The molecule has 142 valence electrons. The molecule has 10 atom stereocenters. The van der Waals surface area contributed by atoms with Gasteiger partial charge in [0.05, 0.1) is 0 Å². The molecule has 0 bridgehead atoms. The number of fused-ring (bicyclic) bond motifs is 12. The first-order chi connectivity index (χ1) is 12.9. The number of carbonyl (C=O) groups is 2. The molecule has 7 aliphatic rings. The summed E-state index contributed by atoms with van der Waals surface area (Å²) in [6, 6.07) is 0. The van der Waals surface area contributed by atoms with E-state index in [9.17, 15) is 9.59 Å². The Bertz CT molecular complexity index is 869. The molecule has 0 aromatic rings. The van der Waals surface area contributed by atoms with Gasteiger partial charge in [-0.1, -0.05) is 19.4 Å². The summed E-state index contributed by atoms with van der Waals surface area (Å²) < 4.78 is 6.10. The second-order valence-electron chi connectivity index (χ2n) is 11.2. The molecular weight excluding hydrogens is 336 g/mol. The van der Waals surface area contributed by atoms with E-state index in [1.807, 2.05) is 0 Å². The summed E-state index contributed by atoms with van der Waals surface area (Å²) in [5.41, 5.74) is 1.55. The lowest BCUT2D eigenvalue weighted by Gasteiger charge is -2.59. The van der Waals surface area contributed by atoms with E-state index in [2.05, 4.69) is 26.0 Å². The zero-order chi connectivity index (χ0) is 18.3. The standard InChI is InChI=1S/C24H28O3/c1-22-6-3-12(25)9-17(22)13-10-14(13)20-16(22)4-7-23(2)21(20)15-11-18(15)24(23)8-5-19(26)27-24/h5,8-9,13-16,18,20-21H,3-4,6-7,10-11H2,1-2H3/t13-,14+,15?,16?,18+,20?,21?,22-,23+,24+/m1/s1. The molecule has 1 aliphatic heterocycles. The molecule has 3 heteroatoms. The maximum absolute atomic E-state index is 12.1. The Labute approximate surface area is 160 Å². The molecule has 5 fully saturated rings. The van der Waals surface area contributed by atoms with Crippen LogP contribution in [0.1, 0.15) is 52.4 Å². The Morgan fingerprint density at radius 2 is 1.93 bits per heavy atom. The second-order valence-corrected chi connectivity index (χ2v) is 11.2. The van der Waals surface area contributed by atoms with Crippen LogP contribution in [-0.2, 0) is 14.3 Å². The third-order valence-corrected chi connectivity index (χ3v) is 10.5. The molecule has 5 saturated carbocycles. The molecule has 6 aliphatic carbocycles. The number of rotatable bonds is 0. The SMILES string of the molecule is C[C@]12CCC(=O)C=C1[C@@H]1C[C@@H]1C1C2CC[C@@]2(C)C1C1C[C@@H]1[C@@]21C=CC(=O)O1. The number of esters is 1. The van der Waals surface area contributed by atoms with Crippen molar-refractivity contribution in [2.45, 2.75) is 58.0 Å². The average Bonchev–Trinajstić information content (AvgIpc) is 3.53. The van der Waals surface area contributed by atoms with Gasteiger partial charge in [-0.25, -0.2) is 4.79 Å². The molecule has 4 unspecified atom stereocenters. The predicted molar refractivity (Wildman–Crippen MR) is 99.4 cm³/mol. The molecule has 3 nitrogen and oxygen atoms in total. The number of ketones is 1. The summed E-state index contributed by atoms with van der Waals surface area (Å²) in [7, 11) is 0. The molecule has 0 radical (unpaired) electrons. The molecule has 0 saturated heterocycles. The Balaban J connectivity index is 1.34. The number of allylic oxidation sites excluding steroid dienone is 1. The van der Waals surface area contributed by atoms with E-state index in [1.54, 1.807) is 6.08 Å². The predicted octanol–water partition coefficient (Wildman–Crippen LogP) is 4.08. The van der Waals surface area contributed by atoms with Crippen LogP contribution in [0.4, 0.5) is 0 Å². The fourth-order valence-electron chi connectivity index (χ4n) is 9.34. The Morgan fingerprint density at radius 3 is 2.70 bits per heavy atom. The van der Waals surface area contributed by atoms with E-state index < -0.39 is 0 Å². The second kappa shape index (κ2) is 4.28. The highest BCUT2D eigenvalue weighted by atomic mass is 16.6. The van der Waals surface area contributed by atoms with E-state index in [1.165, 1.54) is 24.8 Å². The summed E-state index contributed by atoms with van der Waals surface area (Å²) in [6.07, 6.45) is 12.6. The molecule has 0 aromatic heterocycles. The van der Waals surface area contributed by atoms with E-state index >= 15 is 0 Å². The first-order valence-electron chi connectivity index (χ1n) is 11.1. The van der Waals surface area contributed by atoms with Crippen molar-refractivity contribution in [2.75, 3.05) is 0 Å². The van der Waals surface area contributed by atoms with Crippen LogP contribution in [0.25, 0.3) is 0 Å². The van der Waals surface area contributed by atoms with Crippen LogP contribution >= 0.6 is 0 Å². The summed E-state index contributed by atoms with van der Waals surface area (Å²) in [6.45, 7) is 4.92. The van der Waals surface area contributed by atoms with Crippen LogP contribution < -0.4 is 0 Å². The summed E-state index contributed by atoms with van der Waals surface area (Å²) >= 11 is 0. The minimum Gasteiger partial charge on any atom is -0.451 e. The van der Waals surface area contributed by atoms with Gasteiger partial charge in [-0.15, -0.1) is 0 Å². The number of hydrogen-bond donors (Lipinski definition) is 0. The molecule has 0 N–H and O–H groups in total. The Hall–Kier alpha value is -1.38. The van der Waals surface area contributed by atoms with Crippen molar-refractivity contribution in [3.63, 3.8) is 0 Å². The summed E-state index contributed by atoms with van der Waals surface area (Å²) in [4.78, 5) is 24.2. The topological polar surface area (TPSA) is 43.4 Å². The van der Waals surface area contributed by atoms with Crippen LogP contribution in [0.2, 0.25) is 0 Å². The van der Waals surface area contributed by atoms with Gasteiger partial charge in [-0.3, -0.25) is 4.79 Å². The van der Waals surface area contributed by atoms with Crippen molar-refractivity contribution in [1.82, 2.24) is 0 Å². The van der Waals surface area contributed by atoms with E-state index in [-0.39, 0.29) is 22.4 Å². The largest absolute Gasteiger partial charge is 0.451 e. The van der Waals surface area contributed by atoms with Crippen molar-refractivity contribution in [3.05, 3.63) is 23.8 Å². The third-order valence-electron chi connectivity index (χ3n) is 10.5. The van der Waals surface area contributed by atoms with Gasteiger partial charge in [-0.05, 0) is 85.2 Å². The molecule has 0 aromatic carbocycles. The zero-order valence-electron chi connectivity index (χ0n) is 16.2. The normalized spacial score (nSPS) is 61.4. The fourth-order valence-corrected chi connectivity index (χ4v) is 9.34. The third kappa shape index (κ3) is 1.53. The molecule has 27 heavy (non-hydrogen) atoms. The first-order valence-corrected chi connectivity index (χ1v) is 11.1. The van der Waals surface area contributed by atoms with E-state index in [0.717, 1.165) is 42.9 Å². The highest BCUT2D eigenvalue weighted by molar-refractivity contribution is 5.92. The van der Waals surface area contributed by atoms with Crippen LogP contribution in [-0.4, -0.2) is 17.4 Å². The summed E-state index contributed by atoms with van der Waals surface area (Å²) in [5.74, 6) is 5.17. The van der Waals surface area contributed by atoms with Gasteiger partial charge < -0.3 is 4.74 Å². The zero-order valence-corrected chi connectivity index (χ0v) is 16.2. The highest BCUT2D eigenvalue weighted by Gasteiger charge is 2.80. The Morgan fingerprint density at radius 1 is 1.07 bits per heavy atom. The van der Waals surface area contributed by atoms with Gasteiger partial charge in [0.15, 0.2) is 5.78 Å². The van der Waals surface area contributed by atoms with Gasteiger partial charge in [0.25, 0.3) is 0 Å². The van der Waals surface area contributed by atoms with Gasteiger partial charge in [0.1, 0.15) is 5.60 Å². The monoisotopic (exact) mass is 364 g/mol. The van der Waals surface area contributed by atoms with Gasteiger partial charge in [-0.2, -0.15) is 0 Å². The quantitative estimate of drug-likeness (QED) is 0.608. The molecular formula is C24H28O3. The van der Waals surface area contributed by atoms with Crippen molar-refractivity contribution >= 4 is 11.8 Å². The van der Waals surface area contributed by atoms with Crippen LogP contribution in [0.5, 0.6) is 0 Å². The number of ether oxygens (including phenoxy) is 1. The summed E-state index contributed by atoms with van der Waals surface area (Å²) in [5, 5.41) is 0. The average molecular weight is 364 g/mol. The molecule has 0 amide bonds. The van der Waals surface area contributed by atoms with Gasteiger partial charge in [0, 0.05) is 23.8 Å². The molecule has 1 spiro atoms. The highest BCUT2D eigenvalue weighted by Crippen LogP contribution is 2.81. The molecule has 1 heterocycles. The Kier molecular flexibility index (Phi) is 2.46. The van der Waals surface area contributed by atoms with Gasteiger partial charge in [0.2, 0.25) is 0 Å². The number of carbonyl (C=O) groups excluding carboxylic acids is 2. The van der Waals surface area contributed by atoms with E-state index in [4.69, 9.17) is 4.74 Å². The maximum atomic E-state index is 12.1. The van der Waals surface area contributed by atoms with Crippen LogP contribution in [0.15, 0.2) is 23.8 Å². The lowest BCUT2D eigenvalue weighted by Crippen LogP contribution is -2.57. The van der Waals surface area contributed by atoms with E-state index in [0.29, 0.717) is 23.5 Å².